The van der Waals surface area contributed by atoms with Gasteiger partial charge in [-0.3, -0.25) is 4.79 Å². The highest BCUT2D eigenvalue weighted by Crippen LogP contribution is 2.37. The Morgan fingerprint density at radius 3 is 2.81 bits per heavy atom. The Kier molecular flexibility index (Phi) is 4.90. The zero-order valence-corrected chi connectivity index (χ0v) is 15.8. The SMILES string of the molecule is C[C@@H]1CCN(C(=O)COC(=O)c2cc3ccccc3[nH]2)c2ccccc2S1. The molecule has 138 valence electrons. The fourth-order valence-corrected chi connectivity index (χ4v) is 4.33. The minimum absolute atomic E-state index is 0.207. The summed E-state index contributed by atoms with van der Waals surface area (Å²) in [6.07, 6.45) is 0.890. The van der Waals surface area contributed by atoms with Crippen molar-refractivity contribution in [3.8, 4) is 0 Å². The van der Waals surface area contributed by atoms with Gasteiger partial charge in [0.05, 0.1) is 5.69 Å². The molecule has 2 heterocycles. The molecule has 1 aliphatic heterocycles. The Bertz CT molecular complexity index is 965. The highest BCUT2D eigenvalue weighted by Gasteiger charge is 2.25. The number of aromatic amines is 1. The minimum atomic E-state index is -0.523. The van der Waals surface area contributed by atoms with Gasteiger partial charge in [-0.05, 0) is 30.7 Å². The number of ether oxygens (including phenoxy) is 1. The van der Waals surface area contributed by atoms with Gasteiger partial charge in [-0.1, -0.05) is 37.3 Å². The molecule has 0 saturated carbocycles. The lowest BCUT2D eigenvalue weighted by Gasteiger charge is -2.22. The number of H-pyrrole nitrogens is 1. The lowest BCUT2D eigenvalue weighted by Crippen LogP contribution is -2.35. The van der Waals surface area contributed by atoms with Gasteiger partial charge in [-0.15, -0.1) is 11.8 Å². The summed E-state index contributed by atoms with van der Waals surface area (Å²) >= 11 is 1.77. The van der Waals surface area contributed by atoms with Crippen molar-refractivity contribution in [2.45, 2.75) is 23.5 Å². The molecule has 5 nitrogen and oxygen atoms in total. The Hall–Kier alpha value is -2.73. The van der Waals surface area contributed by atoms with Crippen molar-refractivity contribution >= 4 is 40.2 Å². The van der Waals surface area contributed by atoms with E-state index in [0.717, 1.165) is 27.9 Å². The molecule has 0 fully saturated rings. The Morgan fingerprint density at radius 2 is 1.96 bits per heavy atom. The van der Waals surface area contributed by atoms with Crippen LogP contribution in [0, 0.1) is 0 Å². The van der Waals surface area contributed by atoms with Gasteiger partial charge in [0.1, 0.15) is 5.69 Å². The van der Waals surface area contributed by atoms with E-state index >= 15 is 0 Å². The van der Waals surface area contributed by atoms with Crippen molar-refractivity contribution in [1.29, 1.82) is 0 Å². The number of thioether (sulfide) groups is 1. The predicted molar refractivity (Wildman–Crippen MR) is 107 cm³/mol. The molecule has 1 amide bonds. The normalized spacial score (nSPS) is 16.6. The second-order valence-corrected chi connectivity index (χ2v) is 8.06. The van der Waals surface area contributed by atoms with Gasteiger partial charge < -0.3 is 14.6 Å². The van der Waals surface area contributed by atoms with Crippen molar-refractivity contribution in [2.75, 3.05) is 18.1 Å². The molecule has 27 heavy (non-hydrogen) atoms. The number of carbonyl (C=O) groups is 2. The molecule has 0 radical (unpaired) electrons. The molecular formula is C21H20N2O3S. The monoisotopic (exact) mass is 380 g/mol. The molecule has 6 heteroatoms. The van der Waals surface area contributed by atoms with Gasteiger partial charge in [0.25, 0.3) is 5.91 Å². The number of fused-ring (bicyclic) bond motifs is 2. The third-order valence-electron chi connectivity index (χ3n) is 4.62. The van der Waals surface area contributed by atoms with Crippen LogP contribution in [-0.4, -0.2) is 35.3 Å². The van der Waals surface area contributed by atoms with Gasteiger partial charge in [-0.25, -0.2) is 4.79 Å². The number of rotatable bonds is 3. The summed E-state index contributed by atoms with van der Waals surface area (Å²) in [5, 5.41) is 1.36. The Morgan fingerprint density at radius 1 is 1.19 bits per heavy atom. The van der Waals surface area contributed by atoms with Crippen LogP contribution in [0.4, 0.5) is 5.69 Å². The second kappa shape index (κ2) is 7.48. The van der Waals surface area contributed by atoms with Crippen LogP contribution >= 0.6 is 11.8 Å². The lowest BCUT2D eigenvalue weighted by atomic mass is 10.2. The number of carbonyl (C=O) groups excluding carboxylic acids is 2. The van der Waals surface area contributed by atoms with Gasteiger partial charge >= 0.3 is 5.97 Å². The zero-order chi connectivity index (χ0) is 18.8. The quantitative estimate of drug-likeness (QED) is 0.690. The fourth-order valence-electron chi connectivity index (χ4n) is 3.21. The first-order chi connectivity index (χ1) is 13.1. The average molecular weight is 380 g/mol. The van der Waals surface area contributed by atoms with Gasteiger partial charge in [-0.2, -0.15) is 0 Å². The maximum Gasteiger partial charge on any atom is 0.355 e. The van der Waals surface area contributed by atoms with E-state index in [0.29, 0.717) is 17.5 Å². The molecular weight excluding hydrogens is 360 g/mol. The van der Waals surface area contributed by atoms with Gasteiger partial charge in [0.2, 0.25) is 0 Å². The summed E-state index contributed by atoms with van der Waals surface area (Å²) in [6.45, 7) is 2.50. The molecule has 1 aromatic heterocycles. The number of anilines is 1. The van der Waals surface area contributed by atoms with E-state index in [9.17, 15) is 9.59 Å². The summed E-state index contributed by atoms with van der Waals surface area (Å²) in [5.41, 5.74) is 2.10. The third kappa shape index (κ3) is 3.71. The van der Waals surface area contributed by atoms with Crippen LogP contribution in [0.25, 0.3) is 10.9 Å². The molecule has 1 N–H and O–H groups in total. The average Bonchev–Trinajstić information content (AvgIpc) is 3.04. The lowest BCUT2D eigenvalue weighted by molar-refractivity contribution is -0.121. The summed E-state index contributed by atoms with van der Waals surface area (Å²) in [5.74, 6) is -0.730. The van der Waals surface area contributed by atoms with E-state index in [1.807, 2.05) is 48.5 Å². The van der Waals surface area contributed by atoms with Crippen LogP contribution < -0.4 is 4.90 Å². The van der Waals surface area contributed by atoms with Crippen molar-refractivity contribution < 1.29 is 14.3 Å². The molecule has 3 aromatic rings. The topological polar surface area (TPSA) is 62.4 Å². The Labute approximate surface area is 161 Å². The first-order valence-corrected chi connectivity index (χ1v) is 9.81. The largest absolute Gasteiger partial charge is 0.451 e. The van der Waals surface area contributed by atoms with E-state index in [1.54, 1.807) is 22.7 Å². The minimum Gasteiger partial charge on any atom is -0.451 e. The molecule has 4 rings (SSSR count). The number of para-hydroxylation sites is 2. The molecule has 0 spiro atoms. The van der Waals surface area contributed by atoms with Crippen LogP contribution in [0.2, 0.25) is 0 Å². The number of amides is 1. The van der Waals surface area contributed by atoms with Crippen molar-refractivity contribution in [2.24, 2.45) is 0 Å². The number of nitrogens with zero attached hydrogens (tertiary/aromatic N) is 1. The molecule has 0 saturated heterocycles. The number of hydrogen-bond donors (Lipinski definition) is 1. The molecule has 0 bridgehead atoms. The van der Waals surface area contributed by atoms with E-state index < -0.39 is 5.97 Å². The van der Waals surface area contributed by atoms with E-state index in [1.165, 1.54) is 0 Å². The van der Waals surface area contributed by atoms with Crippen LogP contribution in [0.1, 0.15) is 23.8 Å². The first-order valence-electron chi connectivity index (χ1n) is 8.93. The van der Waals surface area contributed by atoms with Crippen molar-refractivity contribution in [3.05, 3.63) is 60.3 Å². The van der Waals surface area contributed by atoms with Crippen LogP contribution in [0.3, 0.4) is 0 Å². The van der Waals surface area contributed by atoms with E-state index in [2.05, 4.69) is 11.9 Å². The van der Waals surface area contributed by atoms with E-state index in [-0.39, 0.29) is 12.5 Å². The summed E-state index contributed by atoms with van der Waals surface area (Å²) in [6, 6.07) is 17.2. The Balaban J connectivity index is 1.46. The highest BCUT2D eigenvalue weighted by atomic mass is 32.2. The second-order valence-electron chi connectivity index (χ2n) is 6.58. The van der Waals surface area contributed by atoms with Crippen LogP contribution in [0.5, 0.6) is 0 Å². The smallest absolute Gasteiger partial charge is 0.355 e. The summed E-state index contributed by atoms with van der Waals surface area (Å²) in [7, 11) is 0. The van der Waals surface area contributed by atoms with Gasteiger partial charge in [0, 0.05) is 27.6 Å². The molecule has 0 unspecified atom stereocenters. The van der Waals surface area contributed by atoms with Crippen molar-refractivity contribution in [3.63, 3.8) is 0 Å². The number of esters is 1. The fraction of sp³-hybridized carbons (Fsp3) is 0.238. The number of nitrogens with one attached hydrogen (secondary N) is 1. The first kappa shape index (κ1) is 17.7. The predicted octanol–water partition coefficient (Wildman–Crippen LogP) is 4.24. The van der Waals surface area contributed by atoms with Crippen molar-refractivity contribution in [1.82, 2.24) is 4.98 Å². The number of benzene rings is 2. The maximum atomic E-state index is 12.8. The molecule has 1 atom stereocenters. The van der Waals surface area contributed by atoms with E-state index in [4.69, 9.17) is 4.74 Å². The zero-order valence-electron chi connectivity index (χ0n) is 15.0. The molecule has 0 aliphatic carbocycles. The highest BCUT2D eigenvalue weighted by molar-refractivity contribution is 8.00. The number of aromatic nitrogens is 1. The van der Waals surface area contributed by atoms with Gasteiger partial charge in [0.15, 0.2) is 6.61 Å². The number of hydrogen-bond acceptors (Lipinski definition) is 4. The summed E-state index contributed by atoms with van der Waals surface area (Å²) < 4.78 is 5.29. The third-order valence-corrected chi connectivity index (χ3v) is 5.86. The maximum absolute atomic E-state index is 12.8. The van der Waals surface area contributed by atoms with Crippen LogP contribution in [-0.2, 0) is 9.53 Å². The summed E-state index contributed by atoms with van der Waals surface area (Å²) in [4.78, 5) is 30.9. The standard InChI is InChI=1S/C21H20N2O3S/c1-14-10-11-23(18-8-4-5-9-19(18)27-14)20(24)13-26-21(25)17-12-15-6-2-3-7-16(15)22-17/h2-9,12,14,22H,10-11,13H2,1H3/t14-/m1/s1. The molecule has 1 aliphatic rings. The van der Waals surface area contributed by atoms with Crippen LogP contribution in [0.15, 0.2) is 59.5 Å². The molecule has 2 aromatic carbocycles.